The van der Waals surface area contributed by atoms with Crippen molar-refractivity contribution in [2.75, 3.05) is 23.4 Å². The standard InChI is InChI=1S/C18H17BrN6O2/c19-15-8-16(22-10-21-15)20-9-13-7-14-5-12(11-1-2-11)6-17(25(14)23-13)24-3-4-27-18(24)26/h5-8,10-11H,1-4,9H2,(H,20,21,22). The number of cyclic esters (lactones) is 1. The van der Waals surface area contributed by atoms with Gasteiger partial charge < -0.3 is 10.1 Å². The van der Waals surface area contributed by atoms with Gasteiger partial charge in [0.15, 0.2) is 0 Å². The molecule has 5 rings (SSSR count). The molecule has 4 heterocycles. The smallest absolute Gasteiger partial charge is 0.415 e. The van der Waals surface area contributed by atoms with E-state index < -0.39 is 0 Å². The van der Waals surface area contributed by atoms with Crippen molar-refractivity contribution >= 4 is 39.2 Å². The minimum absolute atomic E-state index is 0.315. The van der Waals surface area contributed by atoms with E-state index in [1.54, 1.807) is 4.90 Å². The maximum Gasteiger partial charge on any atom is 0.415 e. The number of carbonyl (C=O) groups excluding carboxylic acids is 1. The molecule has 3 aromatic heterocycles. The first-order valence-corrected chi connectivity index (χ1v) is 9.65. The first kappa shape index (κ1) is 16.5. The lowest BCUT2D eigenvalue weighted by Gasteiger charge is -2.15. The highest BCUT2D eigenvalue weighted by molar-refractivity contribution is 9.10. The summed E-state index contributed by atoms with van der Waals surface area (Å²) in [6.07, 6.45) is 3.58. The van der Waals surface area contributed by atoms with E-state index >= 15 is 0 Å². The molecule has 8 nitrogen and oxygen atoms in total. The van der Waals surface area contributed by atoms with E-state index in [1.165, 1.54) is 24.7 Å². The minimum Gasteiger partial charge on any atom is -0.447 e. The van der Waals surface area contributed by atoms with Gasteiger partial charge in [0.2, 0.25) is 0 Å². The summed E-state index contributed by atoms with van der Waals surface area (Å²) in [5.41, 5.74) is 3.11. The fourth-order valence-electron chi connectivity index (χ4n) is 3.30. The summed E-state index contributed by atoms with van der Waals surface area (Å²) >= 11 is 3.34. The summed E-state index contributed by atoms with van der Waals surface area (Å²) in [6, 6.07) is 8.09. The molecule has 0 atom stereocenters. The predicted octanol–water partition coefficient (Wildman–Crippen LogP) is 3.33. The second kappa shape index (κ2) is 6.49. The van der Waals surface area contributed by atoms with Crippen molar-refractivity contribution in [1.82, 2.24) is 19.6 Å². The molecule has 1 saturated heterocycles. The summed E-state index contributed by atoms with van der Waals surface area (Å²) in [4.78, 5) is 22.0. The number of fused-ring (bicyclic) bond motifs is 1. The summed E-state index contributed by atoms with van der Waals surface area (Å²) in [5, 5.41) is 7.95. The first-order valence-electron chi connectivity index (χ1n) is 8.86. The molecule has 1 aliphatic carbocycles. The third-order valence-electron chi connectivity index (χ3n) is 4.79. The number of pyridine rings is 1. The van der Waals surface area contributed by atoms with Gasteiger partial charge in [0.05, 0.1) is 24.3 Å². The maximum atomic E-state index is 12.1. The quantitative estimate of drug-likeness (QED) is 0.627. The normalized spacial score (nSPS) is 16.8. The van der Waals surface area contributed by atoms with E-state index in [0.717, 1.165) is 27.4 Å². The van der Waals surface area contributed by atoms with E-state index in [9.17, 15) is 4.79 Å². The number of halogens is 1. The lowest BCUT2D eigenvalue weighted by Crippen LogP contribution is -2.26. The molecule has 1 amide bonds. The van der Waals surface area contributed by atoms with Crippen molar-refractivity contribution < 1.29 is 9.53 Å². The van der Waals surface area contributed by atoms with Crippen LogP contribution in [0.5, 0.6) is 0 Å². The lowest BCUT2D eigenvalue weighted by molar-refractivity contribution is 0.181. The van der Waals surface area contributed by atoms with Crippen molar-refractivity contribution in [1.29, 1.82) is 0 Å². The number of hydrogen-bond acceptors (Lipinski definition) is 6. The van der Waals surface area contributed by atoms with E-state index in [1.807, 2.05) is 16.6 Å². The van der Waals surface area contributed by atoms with Crippen LogP contribution in [0.1, 0.15) is 30.0 Å². The topological polar surface area (TPSA) is 84.6 Å². The number of nitrogens with zero attached hydrogens (tertiary/aromatic N) is 5. The molecule has 27 heavy (non-hydrogen) atoms. The zero-order valence-corrected chi connectivity index (χ0v) is 16.0. The zero-order valence-electron chi connectivity index (χ0n) is 14.4. The molecule has 3 aromatic rings. The van der Waals surface area contributed by atoms with Crippen LogP contribution >= 0.6 is 15.9 Å². The van der Waals surface area contributed by atoms with Crippen molar-refractivity contribution in [2.45, 2.75) is 25.3 Å². The van der Waals surface area contributed by atoms with Gasteiger partial charge in [-0.1, -0.05) is 0 Å². The average molecular weight is 429 g/mol. The molecule has 0 bridgehead atoms. The zero-order chi connectivity index (χ0) is 18.4. The van der Waals surface area contributed by atoms with Crippen molar-refractivity contribution in [3.63, 3.8) is 0 Å². The van der Waals surface area contributed by atoms with Gasteiger partial charge in [-0.25, -0.2) is 19.3 Å². The molecule has 9 heteroatoms. The number of rotatable bonds is 5. The molecule has 2 aliphatic rings. The highest BCUT2D eigenvalue weighted by Crippen LogP contribution is 2.42. The number of carbonyl (C=O) groups is 1. The SMILES string of the molecule is O=C1OCCN1c1cc(C2CC2)cc2cc(CNc3cc(Br)ncn3)nn12. The summed E-state index contributed by atoms with van der Waals surface area (Å²) in [7, 11) is 0. The molecule has 1 N–H and O–H groups in total. The highest BCUT2D eigenvalue weighted by Gasteiger charge is 2.30. The van der Waals surface area contributed by atoms with Gasteiger partial charge in [0.1, 0.15) is 29.2 Å². The van der Waals surface area contributed by atoms with E-state index in [2.05, 4.69) is 43.3 Å². The van der Waals surface area contributed by atoms with Crippen LogP contribution in [0.15, 0.2) is 35.2 Å². The Balaban J connectivity index is 1.49. The van der Waals surface area contributed by atoms with E-state index in [-0.39, 0.29) is 6.09 Å². The van der Waals surface area contributed by atoms with Crippen LogP contribution in [-0.2, 0) is 11.3 Å². The monoisotopic (exact) mass is 428 g/mol. The van der Waals surface area contributed by atoms with Gasteiger partial charge >= 0.3 is 6.09 Å². The molecule has 138 valence electrons. The van der Waals surface area contributed by atoms with Gasteiger partial charge in [0.25, 0.3) is 0 Å². The number of aromatic nitrogens is 4. The minimum atomic E-state index is -0.315. The molecule has 1 aliphatic heterocycles. The number of nitrogens with one attached hydrogen (secondary N) is 1. The Hall–Kier alpha value is -2.68. The Morgan fingerprint density at radius 2 is 2.11 bits per heavy atom. The van der Waals surface area contributed by atoms with Gasteiger partial charge in [-0.15, -0.1) is 0 Å². The first-order chi connectivity index (χ1) is 13.2. The Bertz CT molecular complexity index is 1030. The molecule has 0 aromatic carbocycles. The number of amides is 1. The maximum absolute atomic E-state index is 12.1. The second-order valence-corrected chi connectivity index (χ2v) is 7.55. The second-order valence-electron chi connectivity index (χ2n) is 6.74. The molecule has 1 saturated carbocycles. The van der Waals surface area contributed by atoms with Crippen LogP contribution in [0, 0.1) is 0 Å². The van der Waals surface area contributed by atoms with Crippen LogP contribution in [0.25, 0.3) is 5.52 Å². The fraction of sp³-hybridized carbons (Fsp3) is 0.333. The van der Waals surface area contributed by atoms with Crippen molar-refractivity contribution in [3.8, 4) is 0 Å². The largest absolute Gasteiger partial charge is 0.447 e. The Morgan fingerprint density at radius 3 is 2.85 bits per heavy atom. The number of anilines is 2. The van der Waals surface area contributed by atoms with Crippen LogP contribution in [0.2, 0.25) is 0 Å². The van der Waals surface area contributed by atoms with Crippen molar-refractivity contribution in [3.05, 3.63) is 46.5 Å². The van der Waals surface area contributed by atoms with Gasteiger partial charge in [-0.2, -0.15) is 5.10 Å². The Kier molecular flexibility index (Phi) is 3.96. The molecule has 0 spiro atoms. The predicted molar refractivity (Wildman–Crippen MR) is 103 cm³/mol. The lowest BCUT2D eigenvalue weighted by atomic mass is 10.1. The molecule has 0 radical (unpaired) electrons. The molecular formula is C18H17BrN6O2. The van der Waals surface area contributed by atoms with Gasteiger partial charge in [-0.3, -0.25) is 4.90 Å². The van der Waals surface area contributed by atoms with Crippen LogP contribution < -0.4 is 10.2 Å². The third kappa shape index (κ3) is 3.23. The summed E-state index contributed by atoms with van der Waals surface area (Å²) < 4.78 is 7.67. The molecule has 2 fully saturated rings. The molecular weight excluding hydrogens is 412 g/mol. The third-order valence-corrected chi connectivity index (χ3v) is 5.22. The number of ether oxygens (including phenoxy) is 1. The Labute approximate surface area is 163 Å². The fourth-order valence-corrected chi connectivity index (χ4v) is 3.61. The number of hydrogen-bond donors (Lipinski definition) is 1. The van der Waals surface area contributed by atoms with Crippen molar-refractivity contribution in [2.24, 2.45) is 0 Å². The van der Waals surface area contributed by atoms with Gasteiger partial charge in [0, 0.05) is 6.07 Å². The van der Waals surface area contributed by atoms with Crippen LogP contribution in [0.4, 0.5) is 16.4 Å². The molecule has 0 unspecified atom stereocenters. The van der Waals surface area contributed by atoms with E-state index in [4.69, 9.17) is 9.84 Å². The van der Waals surface area contributed by atoms with Gasteiger partial charge in [-0.05, 0) is 58.5 Å². The van der Waals surface area contributed by atoms with E-state index in [0.29, 0.717) is 25.6 Å². The summed E-state index contributed by atoms with van der Waals surface area (Å²) in [5.74, 6) is 2.08. The highest BCUT2D eigenvalue weighted by atomic mass is 79.9. The van der Waals surface area contributed by atoms with Crippen LogP contribution in [-0.4, -0.2) is 38.8 Å². The van der Waals surface area contributed by atoms with Crippen LogP contribution in [0.3, 0.4) is 0 Å². The Morgan fingerprint density at radius 1 is 1.22 bits per heavy atom. The average Bonchev–Trinajstić information content (AvgIpc) is 3.29. The summed E-state index contributed by atoms with van der Waals surface area (Å²) in [6.45, 7) is 1.48.